The molecule has 15 heavy (non-hydrogen) atoms. The molecule has 0 aliphatic heterocycles. The number of rotatable bonds is 3. The number of hydrogen-bond acceptors (Lipinski definition) is 6. The summed E-state index contributed by atoms with van der Waals surface area (Å²) in [6.45, 7) is 2.38. The van der Waals surface area contributed by atoms with Crippen molar-refractivity contribution >= 4 is 11.6 Å². The molecule has 0 aliphatic rings. The third-order valence-corrected chi connectivity index (χ3v) is 1.78. The molecule has 2 aromatic heterocycles. The molecule has 0 aliphatic carbocycles. The average Bonchev–Trinajstić information content (AvgIpc) is 2.62. The van der Waals surface area contributed by atoms with Crippen LogP contribution in [0, 0.1) is 6.92 Å². The molecule has 0 unspecified atom stereocenters. The van der Waals surface area contributed by atoms with Gasteiger partial charge in [0.2, 0.25) is 0 Å². The predicted octanol–water partition coefficient (Wildman–Crippen LogP) is 0.967. The van der Waals surface area contributed by atoms with Crippen molar-refractivity contribution in [3.05, 3.63) is 29.9 Å². The van der Waals surface area contributed by atoms with Gasteiger partial charge in [-0.1, -0.05) is 5.16 Å². The van der Waals surface area contributed by atoms with E-state index < -0.39 is 0 Å². The quantitative estimate of drug-likeness (QED) is 0.775. The summed E-state index contributed by atoms with van der Waals surface area (Å²) in [4.78, 5) is 7.95. The van der Waals surface area contributed by atoms with E-state index in [0.29, 0.717) is 18.2 Å². The highest BCUT2D eigenvalue weighted by atomic mass is 16.5. The SMILES string of the molecule is Cc1cc(CNc2cncc(N)n2)no1. The summed E-state index contributed by atoms with van der Waals surface area (Å²) in [6.07, 6.45) is 3.09. The van der Waals surface area contributed by atoms with E-state index in [1.54, 1.807) is 6.20 Å². The summed E-state index contributed by atoms with van der Waals surface area (Å²) < 4.78 is 4.93. The van der Waals surface area contributed by atoms with Crippen molar-refractivity contribution in [1.29, 1.82) is 0 Å². The van der Waals surface area contributed by atoms with Crippen molar-refractivity contribution in [2.24, 2.45) is 0 Å². The van der Waals surface area contributed by atoms with Gasteiger partial charge in [0.15, 0.2) is 0 Å². The summed E-state index contributed by atoms with van der Waals surface area (Å²) >= 11 is 0. The van der Waals surface area contributed by atoms with E-state index in [1.807, 2.05) is 13.0 Å². The van der Waals surface area contributed by atoms with Crippen molar-refractivity contribution in [1.82, 2.24) is 15.1 Å². The number of nitrogen functional groups attached to an aromatic ring is 1. The van der Waals surface area contributed by atoms with Gasteiger partial charge in [-0.05, 0) is 6.92 Å². The fraction of sp³-hybridized carbons (Fsp3) is 0.222. The summed E-state index contributed by atoms with van der Waals surface area (Å²) in [5.74, 6) is 1.79. The summed E-state index contributed by atoms with van der Waals surface area (Å²) in [5, 5.41) is 6.88. The van der Waals surface area contributed by atoms with Gasteiger partial charge in [-0.3, -0.25) is 4.98 Å². The van der Waals surface area contributed by atoms with Crippen LogP contribution >= 0.6 is 0 Å². The third kappa shape index (κ3) is 2.43. The molecular formula is C9H11N5O. The first-order valence-corrected chi connectivity index (χ1v) is 4.47. The number of aryl methyl sites for hydroxylation is 1. The van der Waals surface area contributed by atoms with Crippen LogP contribution in [0.5, 0.6) is 0 Å². The van der Waals surface area contributed by atoms with E-state index in [1.165, 1.54) is 6.20 Å². The molecule has 0 spiro atoms. The van der Waals surface area contributed by atoms with Crippen LogP contribution in [0.1, 0.15) is 11.5 Å². The first-order chi connectivity index (χ1) is 7.24. The lowest BCUT2D eigenvalue weighted by atomic mass is 10.4. The number of nitrogens with zero attached hydrogens (tertiary/aromatic N) is 3. The zero-order valence-corrected chi connectivity index (χ0v) is 8.27. The Morgan fingerprint density at radius 3 is 3.00 bits per heavy atom. The maximum absolute atomic E-state index is 5.48. The van der Waals surface area contributed by atoms with E-state index in [9.17, 15) is 0 Å². The molecule has 0 fully saturated rings. The van der Waals surface area contributed by atoms with Crippen LogP contribution in [-0.2, 0) is 6.54 Å². The Morgan fingerprint density at radius 1 is 1.47 bits per heavy atom. The second kappa shape index (κ2) is 3.95. The molecule has 0 amide bonds. The highest BCUT2D eigenvalue weighted by Gasteiger charge is 2.00. The van der Waals surface area contributed by atoms with Gasteiger partial charge in [-0.25, -0.2) is 4.98 Å². The van der Waals surface area contributed by atoms with Gasteiger partial charge in [0.25, 0.3) is 0 Å². The topological polar surface area (TPSA) is 89.9 Å². The lowest BCUT2D eigenvalue weighted by Crippen LogP contribution is -2.03. The van der Waals surface area contributed by atoms with Gasteiger partial charge in [0.05, 0.1) is 18.9 Å². The number of anilines is 2. The molecule has 2 heterocycles. The van der Waals surface area contributed by atoms with Crippen molar-refractivity contribution < 1.29 is 4.52 Å². The minimum absolute atomic E-state index is 0.385. The molecule has 6 heteroatoms. The lowest BCUT2D eigenvalue weighted by molar-refractivity contribution is 0.391. The van der Waals surface area contributed by atoms with Crippen LogP contribution in [0.2, 0.25) is 0 Å². The van der Waals surface area contributed by atoms with E-state index >= 15 is 0 Å². The molecule has 6 nitrogen and oxygen atoms in total. The second-order valence-corrected chi connectivity index (χ2v) is 3.11. The fourth-order valence-electron chi connectivity index (χ4n) is 1.15. The molecule has 3 N–H and O–H groups in total. The predicted molar refractivity (Wildman–Crippen MR) is 55.0 cm³/mol. The Morgan fingerprint density at radius 2 is 2.33 bits per heavy atom. The Hall–Kier alpha value is -2.11. The van der Waals surface area contributed by atoms with E-state index in [-0.39, 0.29) is 0 Å². The van der Waals surface area contributed by atoms with Gasteiger partial charge < -0.3 is 15.6 Å². The van der Waals surface area contributed by atoms with Crippen molar-refractivity contribution in [3.8, 4) is 0 Å². The standard InChI is InChI=1S/C9H11N5O/c1-6-2-7(14-15-6)3-12-9-5-11-4-8(10)13-9/h2,4-5H,3H2,1H3,(H3,10,12,13). The van der Waals surface area contributed by atoms with Crippen LogP contribution in [-0.4, -0.2) is 15.1 Å². The first-order valence-electron chi connectivity index (χ1n) is 4.47. The fourth-order valence-corrected chi connectivity index (χ4v) is 1.15. The second-order valence-electron chi connectivity index (χ2n) is 3.11. The molecular weight excluding hydrogens is 194 g/mol. The zero-order chi connectivity index (χ0) is 10.7. The number of nitrogens with two attached hydrogens (primary N) is 1. The molecule has 78 valence electrons. The molecule has 0 bridgehead atoms. The number of hydrogen-bond donors (Lipinski definition) is 2. The Labute approximate surface area is 86.5 Å². The molecule has 0 atom stereocenters. The normalized spacial score (nSPS) is 10.2. The summed E-state index contributed by atoms with van der Waals surface area (Å²) in [5.41, 5.74) is 6.30. The lowest BCUT2D eigenvalue weighted by Gasteiger charge is -2.02. The van der Waals surface area contributed by atoms with Crippen LogP contribution in [0.3, 0.4) is 0 Å². The molecule has 2 rings (SSSR count). The van der Waals surface area contributed by atoms with Crippen LogP contribution < -0.4 is 11.1 Å². The van der Waals surface area contributed by atoms with Crippen LogP contribution in [0.15, 0.2) is 23.0 Å². The number of aromatic nitrogens is 3. The maximum Gasteiger partial charge on any atom is 0.147 e. The molecule has 2 aromatic rings. The summed E-state index contributed by atoms with van der Waals surface area (Å²) in [6, 6.07) is 1.85. The highest BCUT2D eigenvalue weighted by Crippen LogP contribution is 2.06. The van der Waals surface area contributed by atoms with Crippen LogP contribution in [0.4, 0.5) is 11.6 Å². The van der Waals surface area contributed by atoms with E-state index in [4.69, 9.17) is 10.3 Å². The van der Waals surface area contributed by atoms with E-state index in [2.05, 4.69) is 20.4 Å². The van der Waals surface area contributed by atoms with Crippen molar-refractivity contribution in [2.75, 3.05) is 11.1 Å². The van der Waals surface area contributed by atoms with Crippen LogP contribution in [0.25, 0.3) is 0 Å². The zero-order valence-electron chi connectivity index (χ0n) is 8.27. The maximum atomic E-state index is 5.48. The van der Waals surface area contributed by atoms with E-state index in [0.717, 1.165) is 11.5 Å². The van der Waals surface area contributed by atoms with Crippen molar-refractivity contribution in [2.45, 2.75) is 13.5 Å². The minimum atomic E-state index is 0.385. The Kier molecular flexibility index (Phi) is 2.49. The minimum Gasteiger partial charge on any atom is -0.382 e. The molecule has 0 radical (unpaired) electrons. The van der Waals surface area contributed by atoms with Gasteiger partial charge in [0, 0.05) is 6.07 Å². The first kappa shape index (κ1) is 9.45. The number of nitrogens with one attached hydrogen (secondary N) is 1. The molecule has 0 saturated heterocycles. The highest BCUT2D eigenvalue weighted by molar-refractivity contribution is 5.38. The molecule has 0 saturated carbocycles. The smallest absolute Gasteiger partial charge is 0.147 e. The Balaban J connectivity index is 1.99. The summed E-state index contributed by atoms with van der Waals surface area (Å²) in [7, 11) is 0. The van der Waals surface area contributed by atoms with Gasteiger partial charge in [0.1, 0.15) is 23.1 Å². The third-order valence-electron chi connectivity index (χ3n) is 1.78. The van der Waals surface area contributed by atoms with Crippen molar-refractivity contribution in [3.63, 3.8) is 0 Å². The average molecular weight is 205 g/mol. The van der Waals surface area contributed by atoms with Gasteiger partial charge in [-0.2, -0.15) is 0 Å². The van der Waals surface area contributed by atoms with Gasteiger partial charge >= 0.3 is 0 Å². The monoisotopic (exact) mass is 205 g/mol. The Bertz CT molecular complexity index is 453. The van der Waals surface area contributed by atoms with Gasteiger partial charge in [-0.15, -0.1) is 0 Å². The largest absolute Gasteiger partial charge is 0.382 e. The molecule has 0 aromatic carbocycles.